The quantitative estimate of drug-likeness (QED) is 0.371. The zero-order valence-corrected chi connectivity index (χ0v) is 20.8. The van der Waals surface area contributed by atoms with E-state index in [4.69, 9.17) is 10.7 Å². The van der Waals surface area contributed by atoms with Crippen molar-refractivity contribution in [1.29, 1.82) is 0 Å². The van der Waals surface area contributed by atoms with Gasteiger partial charge in [-0.15, -0.1) is 0 Å². The molecule has 4 heterocycles. The highest BCUT2D eigenvalue weighted by Crippen LogP contribution is 2.41. The van der Waals surface area contributed by atoms with Gasteiger partial charge in [-0.1, -0.05) is 48.5 Å². The van der Waals surface area contributed by atoms with Gasteiger partial charge < -0.3 is 19.6 Å². The van der Waals surface area contributed by atoms with E-state index < -0.39 is 0 Å². The summed E-state index contributed by atoms with van der Waals surface area (Å²) in [6.45, 7) is 6.48. The molecule has 1 atom stereocenters. The van der Waals surface area contributed by atoms with Gasteiger partial charge in [-0.3, -0.25) is 4.79 Å². The van der Waals surface area contributed by atoms with Crippen molar-refractivity contribution >= 4 is 22.5 Å². The van der Waals surface area contributed by atoms with Crippen molar-refractivity contribution in [3.8, 4) is 22.5 Å². The molecule has 2 aromatic carbocycles. The van der Waals surface area contributed by atoms with Crippen molar-refractivity contribution in [2.45, 2.75) is 39.3 Å². The molecule has 3 aromatic heterocycles. The predicted molar refractivity (Wildman–Crippen MR) is 145 cm³/mol. The largest absolute Gasteiger partial charge is 0.339 e. The number of aryl methyl sites for hydroxylation is 2. The van der Waals surface area contributed by atoms with Gasteiger partial charge in [0.2, 0.25) is 0 Å². The van der Waals surface area contributed by atoms with E-state index in [1.54, 1.807) is 0 Å². The molecule has 36 heavy (non-hydrogen) atoms. The number of carbonyl (C=O) groups is 1. The molecule has 6 heteroatoms. The van der Waals surface area contributed by atoms with Crippen LogP contribution in [0, 0.1) is 6.92 Å². The zero-order valence-electron chi connectivity index (χ0n) is 20.8. The molecule has 1 aliphatic rings. The summed E-state index contributed by atoms with van der Waals surface area (Å²) in [6.07, 6.45) is 3.89. The maximum atomic E-state index is 13.2. The third-order valence-electron chi connectivity index (χ3n) is 7.43. The average molecular weight is 478 g/mol. The van der Waals surface area contributed by atoms with E-state index in [-0.39, 0.29) is 11.9 Å². The Kier molecular flexibility index (Phi) is 5.61. The second-order valence-corrected chi connectivity index (χ2v) is 9.69. The minimum Gasteiger partial charge on any atom is -0.339 e. The minimum absolute atomic E-state index is 0.0301. The monoisotopic (exact) mass is 477 g/mol. The average Bonchev–Trinajstić information content (AvgIpc) is 3.42. The smallest absolute Gasteiger partial charge is 0.254 e. The molecule has 1 fully saturated rings. The number of hydrogen-bond donors (Lipinski definition) is 1. The Morgan fingerprint density at radius 2 is 1.86 bits per heavy atom. The summed E-state index contributed by atoms with van der Waals surface area (Å²) in [6, 6.07) is 23.0. The van der Waals surface area contributed by atoms with Crippen LogP contribution in [-0.4, -0.2) is 43.9 Å². The number of fused-ring (bicyclic) bond motifs is 2. The summed E-state index contributed by atoms with van der Waals surface area (Å²) in [5, 5.41) is 1.22. The first-order valence-corrected chi connectivity index (χ1v) is 12.8. The molecule has 0 radical (unpaired) electrons. The molecule has 1 amide bonds. The number of para-hydroxylation sites is 1. The highest BCUT2D eigenvalue weighted by molar-refractivity contribution is 6.04. The summed E-state index contributed by atoms with van der Waals surface area (Å²) in [5.41, 5.74) is 14.2. The Bertz CT molecular complexity index is 1580. The molecule has 6 nitrogen and oxygen atoms in total. The van der Waals surface area contributed by atoms with Gasteiger partial charge in [0.15, 0.2) is 0 Å². The standard InChI is InChI=1S/C30H31N5O/c1-3-34-25-14-8-7-13-24(25)27(21-10-5-4-6-11-21)29(34)28-20(2)35-17-15-22(18-26(35)32-28)30(36)33-16-9-12-23(31)19-33/h4-8,10-11,13-15,17-18,23H,3,9,12,16,19,31H2,1-2H3/t23-/m1/s1. The van der Waals surface area contributed by atoms with Crippen LogP contribution in [0.3, 0.4) is 0 Å². The molecule has 0 aliphatic carbocycles. The van der Waals surface area contributed by atoms with Crippen LogP contribution in [0.15, 0.2) is 72.9 Å². The fraction of sp³-hybridized carbons (Fsp3) is 0.267. The first kappa shape index (κ1) is 22.6. The molecular weight excluding hydrogens is 446 g/mol. The number of carbonyl (C=O) groups excluding carboxylic acids is 1. The lowest BCUT2D eigenvalue weighted by Gasteiger charge is -2.30. The van der Waals surface area contributed by atoms with Gasteiger partial charge in [0, 0.05) is 59.6 Å². The van der Waals surface area contributed by atoms with Gasteiger partial charge in [-0.05, 0) is 50.5 Å². The van der Waals surface area contributed by atoms with Crippen LogP contribution in [0.4, 0.5) is 0 Å². The van der Waals surface area contributed by atoms with Crippen LogP contribution in [0.25, 0.3) is 39.1 Å². The molecule has 0 saturated carbocycles. The number of aromatic nitrogens is 3. The lowest BCUT2D eigenvalue weighted by molar-refractivity contribution is 0.0709. The number of pyridine rings is 1. The number of nitrogens with zero attached hydrogens (tertiary/aromatic N) is 4. The SMILES string of the molecule is CCn1c(-c2nc3cc(C(=O)N4CCC[C@@H](N)C4)ccn3c2C)c(-c2ccccc2)c2ccccc21. The molecule has 0 bridgehead atoms. The molecule has 6 rings (SSSR count). The van der Waals surface area contributed by atoms with Crippen LogP contribution >= 0.6 is 0 Å². The lowest BCUT2D eigenvalue weighted by atomic mass is 10.00. The van der Waals surface area contributed by atoms with E-state index in [2.05, 4.69) is 71.3 Å². The number of benzene rings is 2. The van der Waals surface area contributed by atoms with Crippen molar-refractivity contribution in [3.63, 3.8) is 0 Å². The Hall–Kier alpha value is -3.90. The Balaban J connectivity index is 1.53. The Morgan fingerprint density at radius 3 is 2.64 bits per heavy atom. The third-order valence-corrected chi connectivity index (χ3v) is 7.43. The molecule has 0 unspecified atom stereocenters. The fourth-order valence-corrected chi connectivity index (χ4v) is 5.68. The minimum atomic E-state index is 0.0301. The highest BCUT2D eigenvalue weighted by atomic mass is 16.2. The van der Waals surface area contributed by atoms with Crippen molar-refractivity contribution in [3.05, 3.63) is 84.2 Å². The number of likely N-dealkylation sites (tertiary alicyclic amines) is 1. The first-order valence-electron chi connectivity index (χ1n) is 12.8. The van der Waals surface area contributed by atoms with Crippen molar-refractivity contribution in [1.82, 2.24) is 18.9 Å². The van der Waals surface area contributed by atoms with Gasteiger partial charge in [0.05, 0.1) is 5.69 Å². The molecule has 0 spiro atoms. The summed E-state index contributed by atoms with van der Waals surface area (Å²) in [4.78, 5) is 20.2. The van der Waals surface area contributed by atoms with Crippen molar-refractivity contribution in [2.75, 3.05) is 13.1 Å². The first-order chi connectivity index (χ1) is 17.6. The van der Waals surface area contributed by atoms with Crippen LogP contribution in [0.1, 0.15) is 35.8 Å². The van der Waals surface area contributed by atoms with E-state index in [0.717, 1.165) is 48.7 Å². The summed E-state index contributed by atoms with van der Waals surface area (Å²) < 4.78 is 4.44. The third kappa shape index (κ3) is 3.60. The highest BCUT2D eigenvalue weighted by Gasteiger charge is 2.25. The lowest BCUT2D eigenvalue weighted by Crippen LogP contribution is -2.45. The van der Waals surface area contributed by atoms with E-state index in [0.29, 0.717) is 12.1 Å². The normalized spacial score (nSPS) is 16.2. The molecule has 5 aromatic rings. The number of rotatable bonds is 4. The van der Waals surface area contributed by atoms with Gasteiger partial charge >= 0.3 is 0 Å². The molecule has 182 valence electrons. The van der Waals surface area contributed by atoms with Crippen molar-refractivity contribution < 1.29 is 4.79 Å². The van der Waals surface area contributed by atoms with Crippen LogP contribution in [-0.2, 0) is 6.54 Å². The van der Waals surface area contributed by atoms with E-state index in [1.165, 1.54) is 22.0 Å². The van der Waals surface area contributed by atoms with E-state index >= 15 is 0 Å². The van der Waals surface area contributed by atoms with E-state index in [9.17, 15) is 4.79 Å². The van der Waals surface area contributed by atoms with Gasteiger partial charge in [0.1, 0.15) is 11.3 Å². The van der Waals surface area contributed by atoms with E-state index in [1.807, 2.05) is 29.3 Å². The van der Waals surface area contributed by atoms with Crippen LogP contribution in [0.2, 0.25) is 0 Å². The second kappa shape index (κ2) is 8.95. The fourth-order valence-electron chi connectivity index (χ4n) is 5.68. The van der Waals surface area contributed by atoms with Crippen molar-refractivity contribution in [2.24, 2.45) is 5.73 Å². The second-order valence-electron chi connectivity index (χ2n) is 9.69. The Morgan fingerprint density at radius 1 is 1.08 bits per heavy atom. The maximum Gasteiger partial charge on any atom is 0.254 e. The Labute approximate surface area is 211 Å². The van der Waals surface area contributed by atoms with Gasteiger partial charge in [0.25, 0.3) is 5.91 Å². The van der Waals surface area contributed by atoms with Crippen LogP contribution in [0.5, 0.6) is 0 Å². The number of hydrogen-bond acceptors (Lipinski definition) is 3. The number of amides is 1. The summed E-state index contributed by atoms with van der Waals surface area (Å²) in [7, 11) is 0. The van der Waals surface area contributed by atoms with Gasteiger partial charge in [-0.25, -0.2) is 4.98 Å². The number of piperidine rings is 1. The molecular formula is C30H31N5O. The van der Waals surface area contributed by atoms with Gasteiger partial charge in [-0.2, -0.15) is 0 Å². The zero-order chi connectivity index (χ0) is 24.8. The molecule has 1 aliphatic heterocycles. The molecule has 2 N–H and O–H groups in total. The summed E-state index contributed by atoms with van der Waals surface area (Å²) >= 11 is 0. The number of nitrogens with two attached hydrogens (primary N) is 1. The molecule has 1 saturated heterocycles. The predicted octanol–water partition coefficient (Wildman–Crippen LogP) is 5.51. The summed E-state index contributed by atoms with van der Waals surface area (Å²) in [5.74, 6) is 0.0301. The maximum absolute atomic E-state index is 13.2. The number of imidazole rings is 1. The topological polar surface area (TPSA) is 68.6 Å². The van der Waals surface area contributed by atoms with Crippen LogP contribution < -0.4 is 5.73 Å².